The molecule has 1 amide bonds. The van der Waals surface area contributed by atoms with Crippen LogP contribution in [0.3, 0.4) is 0 Å². The van der Waals surface area contributed by atoms with E-state index in [1.54, 1.807) is 4.90 Å². The topological polar surface area (TPSA) is 32.7 Å². The predicted octanol–water partition coefficient (Wildman–Crippen LogP) is 5.45. The Morgan fingerprint density at radius 2 is 1.81 bits per heavy atom. The molecule has 2 aromatic carbocycles. The molecule has 2 aliphatic heterocycles. The van der Waals surface area contributed by atoms with Crippen LogP contribution in [0, 0.1) is 12.7 Å². The Kier molecular flexibility index (Phi) is 3.60. The quantitative estimate of drug-likeness (QED) is 0.658. The predicted molar refractivity (Wildman–Crippen MR) is 104 cm³/mol. The molecular formula is C21H18ClFN2O. The first-order chi connectivity index (χ1) is 12.2. The Labute approximate surface area is 156 Å². The van der Waals surface area contributed by atoms with Crippen LogP contribution >= 0.6 is 11.6 Å². The summed E-state index contributed by atoms with van der Waals surface area (Å²) >= 11 is 5.87. The summed E-state index contributed by atoms with van der Waals surface area (Å²) in [5.41, 5.74) is 5.34. The zero-order chi connectivity index (χ0) is 18.8. The number of aryl methyl sites for hydroxylation is 1. The number of rotatable bonds is 1. The van der Waals surface area contributed by atoms with Crippen molar-refractivity contribution in [2.45, 2.75) is 33.2 Å². The van der Waals surface area contributed by atoms with Crippen LogP contribution in [-0.2, 0) is 4.79 Å². The molecule has 0 spiro atoms. The maximum absolute atomic E-state index is 13.4. The van der Waals surface area contributed by atoms with Crippen molar-refractivity contribution in [1.29, 1.82) is 0 Å². The maximum atomic E-state index is 13.4. The third kappa shape index (κ3) is 2.40. The summed E-state index contributed by atoms with van der Waals surface area (Å²) in [5, 5.41) is -0.0125. The van der Waals surface area contributed by atoms with Crippen molar-refractivity contribution in [3.05, 3.63) is 63.9 Å². The Morgan fingerprint density at radius 1 is 1.12 bits per heavy atom. The number of hydrogen-bond acceptors (Lipinski definition) is 2. The summed E-state index contributed by atoms with van der Waals surface area (Å²) in [6.07, 6.45) is 2.11. The second kappa shape index (κ2) is 5.52. The number of hydrogen-bond donors (Lipinski definition) is 0. The summed E-state index contributed by atoms with van der Waals surface area (Å²) in [6.45, 7) is 8.09. The Bertz CT molecular complexity index is 1040. The minimum Gasteiger partial charge on any atom is -0.297 e. The number of carbonyl (C=O) groups is 1. The molecule has 0 saturated carbocycles. The maximum Gasteiger partial charge on any atom is 0.278 e. The highest BCUT2D eigenvalue weighted by Gasteiger charge is 2.45. The molecule has 0 unspecified atom stereocenters. The van der Waals surface area contributed by atoms with Gasteiger partial charge in [0.25, 0.3) is 5.91 Å². The van der Waals surface area contributed by atoms with E-state index in [0.29, 0.717) is 11.4 Å². The minimum atomic E-state index is -0.507. The SMILES string of the molecule is CC1=CC(C)(C)N2C(=O)C(=Nc3ccc(F)c(Cl)c3)c3cc(C)cc1c32. The fraction of sp³-hybridized carbons (Fsp3) is 0.238. The van der Waals surface area contributed by atoms with Crippen LogP contribution < -0.4 is 4.90 Å². The molecule has 0 bridgehead atoms. The van der Waals surface area contributed by atoms with Gasteiger partial charge in [-0.25, -0.2) is 9.38 Å². The molecule has 0 aliphatic carbocycles. The van der Waals surface area contributed by atoms with Gasteiger partial charge in [-0.05, 0) is 69.2 Å². The van der Waals surface area contributed by atoms with Gasteiger partial charge < -0.3 is 0 Å². The van der Waals surface area contributed by atoms with E-state index < -0.39 is 11.4 Å². The molecule has 26 heavy (non-hydrogen) atoms. The van der Waals surface area contributed by atoms with Gasteiger partial charge in [0.05, 0.1) is 21.9 Å². The lowest BCUT2D eigenvalue weighted by Gasteiger charge is -2.38. The van der Waals surface area contributed by atoms with Gasteiger partial charge in [0, 0.05) is 11.1 Å². The zero-order valence-electron chi connectivity index (χ0n) is 15.0. The van der Waals surface area contributed by atoms with Gasteiger partial charge >= 0.3 is 0 Å². The van der Waals surface area contributed by atoms with Crippen molar-refractivity contribution in [1.82, 2.24) is 0 Å². The highest BCUT2D eigenvalue weighted by atomic mass is 35.5. The highest BCUT2D eigenvalue weighted by Crippen LogP contribution is 2.46. The first kappa shape index (κ1) is 17.0. The monoisotopic (exact) mass is 368 g/mol. The lowest BCUT2D eigenvalue weighted by atomic mass is 9.88. The van der Waals surface area contributed by atoms with E-state index in [1.807, 2.05) is 26.8 Å². The fourth-order valence-electron chi connectivity index (χ4n) is 3.84. The number of halogens is 2. The third-order valence-corrected chi connectivity index (χ3v) is 5.14. The largest absolute Gasteiger partial charge is 0.297 e. The van der Waals surface area contributed by atoms with E-state index in [0.717, 1.165) is 28.0 Å². The van der Waals surface area contributed by atoms with Gasteiger partial charge in [0.15, 0.2) is 0 Å². The van der Waals surface area contributed by atoms with Gasteiger partial charge in [0.1, 0.15) is 11.5 Å². The van der Waals surface area contributed by atoms with E-state index >= 15 is 0 Å². The molecule has 0 atom stereocenters. The van der Waals surface area contributed by atoms with Crippen LogP contribution in [0.1, 0.15) is 37.5 Å². The zero-order valence-corrected chi connectivity index (χ0v) is 15.8. The Hall–Kier alpha value is -2.46. The van der Waals surface area contributed by atoms with Crippen LogP contribution in [0.25, 0.3) is 5.57 Å². The molecule has 132 valence electrons. The summed E-state index contributed by atoms with van der Waals surface area (Å²) in [7, 11) is 0. The molecule has 0 radical (unpaired) electrons. The third-order valence-electron chi connectivity index (χ3n) is 4.85. The summed E-state index contributed by atoms with van der Waals surface area (Å²) in [4.78, 5) is 19.6. The van der Waals surface area contributed by atoms with Crippen molar-refractivity contribution in [2.75, 3.05) is 4.90 Å². The lowest BCUT2D eigenvalue weighted by Crippen LogP contribution is -2.47. The minimum absolute atomic E-state index is 0.0125. The number of anilines is 1. The Morgan fingerprint density at radius 3 is 2.50 bits per heavy atom. The lowest BCUT2D eigenvalue weighted by molar-refractivity contribution is -0.112. The summed E-state index contributed by atoms with van der Waals surface area (Å²) in [6, 6.07) is 8.29. The van der Waals surface area contributed by atoms with Gasteiger partial charge in [-0.3, -0.25) is 9.69 Å². The van der Waals surface area contributed by atoms with Crippen molar-refractivity contribution in [3.8, 4) is 0 Å². The van der Waals surface area contributed by atoms with E-state index in [-0.39, 0.29) is 10.9 Å². The molecule has 5 heteroatoms. The molecule has 0 fully saturated rings. The van der Waals surface area contributed by atoms with Crippen LogP contribution in [0.2, 0.25) is 5.02 Å². The molecule has 3 nitrogen and oxygen atoms in total. The second-order valence-electron chi connectivity index (χ2n) is 7.39. The first-order valence-corrected chi connectivity index (χ1v) is 8.80. The number of carbonyl (C=O) groups excluding carboxylic acids is 1. The van der Waals surface area contributed by atoms with Crippen LogP contribution in [0.5, 0.6) is 0 Å². The molecule has 0 N–H and O–H groups in total. The van der Waals surface area contributed by atoms with Gasteiger partial charge in [-0.2, -0.15) is 0 Å². The molecule has 0 aromatic heterocycles. The van der Waals surface area contributed by atoms with E-state index in [4.69, 9.17) is 11.6 Å². The number of amides is 1. The van der Waals surface area contributed by atoms with Crippen LogP contribution in [0.4, 0.5) is 15.8 Å². The van der Waals surface area contributed by atoms with Crippen molar-refractivity contribution in [2.24, 2.45) is 4.99 Å². The fourth-order valence-corrected chi connectivity index (χ4v) is 4.01. The summed E-state index contributed by atoms with van der Waals surface area (Å²) in [5.74, 6) is -0.659. The standard InChI is InChI=1S/C21H18ClFN2O/c1-11-7-14-12(2)10-21(3,4)25-19(14)15(8-11)18(20(25)26)24-13-5-6-17(23)16(22)9-13/h5-10H,1-4H3. The van der Waals surface area contributed by atoms with E-state index in [1.165, 1.54) is 18.2 Å². The van der Waals surface area contributed by atoms with E-state index in [2.05, 4.69) is 24.1 Å². The number of benzene rings is 2. The van der Waals surface area contributed by atoms with Crippen molar-refractivity contribution < 1.29 is 9.18 Å². The van der Waals surface area contributed by atoms with Crippen LogP contribution in [0.15, 0.2) is 41.4 Å². The van der Waals surface area contributed by atoms with E-state index in [9.17, 15) is 9.18 Å². The molecule has 2 heterocycles. The smallest absolute Gasteiger partial charge is 0.278 e. The van der Waals surface area contributed by atoms with Crippen molar-refractivity contribution in [3.63, 3.8) is 0 Å². The van der Waals surface area contributed by atoms with Gasteiger partial charge in [0.2, 0.25) is 0 Å². The average Bonchev–Trinajstić information content (AvgIpc) is 2.82. The molecule has 0 saturated heterocycles. The summed E-state index contributed by atoms with van der Waals surface area (Å²) < 4.78 is 13.4. The van der Waals surface area contributed by atoms with Gasteiger partial charge in [-0.1, -0.05) is 17.7 Å². The first-order valence-electron chi connectivity index (χ1n) is 8.42. The average molecular weight is 369 g/mol. The highest BCUT2D eigenvalue weighted by molar-refractivity contribution is 6.55. The number of aliphatic imine (C=N–C) groups is 1. The van der Waals surface area contributed by atoms with Crippen molar-refractivity contribution >= 4 is 40.2 Å². The normalized spacial score (nSPS) is 19.0. The molecule has 2 aromatic rings. The molecular weight excluding hydrogens is 351 g/mol. The van der Waals surface area contributed by atoms with Gasteiger partial charge in [-0.15, -0.1) is 0 Å². The molecule has 2 aliphatic rings. The number of allylic oxidation sites excluding steroid dienone is 1. The molecule has 4 rings (SSSR count). The Balaban J connectivity index is 1.97. The number of nitrogens with zero attached hydrogens (tertiary/aromatic N) is 2. The van der Waals surface area contributed by atoms with Crippen LogP contribution in [-0.4, -0.2) is 17.2 Å². The second-order valence-corrected chi connectivity index (χ2v) is 7.80.